The van der Waals surface area contributed by atoms with Crippen molar-refractivity contribution < 1.29 is 14.6 Å². The van der Waals surface area contributed by atoms with Crippen LogP contribution in [-0.2, 0) is 0 Å². The van der Waals surface area contributed by atoms with Crippen LogP contribution in [0, 0.1) is 0 Å². The van der Waals surface area contributed by atoms with Crippen molar-refractivity contribution in [2.75, 3.05) is 0 Å². The lowest BCUT2D eigenvalue weighted by Crippen LogP contribution is -1.97. The molecule has 1 heterocycles. The maximum absolute atomic E-state index is 10.9. The molecule has 0 amide bonds. The number of nitrogens with zero attached hydrogens (tertiary/aromatic N) is 2. The number of hydrogen-bond acceptors (Lipinski definition) is 4. The number of carboxylic acid groups (broad SMARTS) is 1. The Morgan fingerprint density at radius 2 is 2.17 bits per heavy atom. The standard InChI is InChI=1S/C11H6BrClN2O3/c12-7-2-1-6(11(16)17)3-8(7)18-10-5-14-4-9(13)15-10/h1-5H,(H,16,17). The molecule has 92 valence electrons. The van der Waals surface area contributed by atoms with Crippen molar-refractivity contribution in [3.63, 3.8) is 0 Å². The van der Waals surface area contributed by atoms with Gasteiger partial charge < -0.3 is 9.84 Å². The second kappa shape index (κ2) is 5.32. The molecule has 0 bridgehead atoms. The number of benzene rings is 1. The average Bonchev–Trinajstić information content (AvgIpc) is 2.31. The Bertz CT molecular complexity index is 607. The molecule has 0 fully saturated rings. The van der Waals surface area contributed by atoms with E-state index in [1.54, 1.807) is 6.07 Å². The molecule has 1 aromatic heterocycles. The summed E-state index contributed by atoms with van der Waals surface area (Å²) < 4.78 is 6.02. The fraction of sp³-hybridized carbons (Fsp3) is 0. The SMILES string of the molecule is O=C(O)c1ccc(Br)c(Oc2cncc(Cl)n2)c1. The third-order valence-corrected chi connectivity index (χ3v) is 2.81. The van der Waals surface area contributed by atoms with E-state index in [1.165, 1.54) is 24.5 Å². The van der Waals surface area contributed by atoms with Crippen LogP contribution in [0.25, 0.3) is 0 Å². The van der Waals surface area contributed by atoms with Crippen LogP contribution in [0.15, 0.2) is 35.1 Å². The predicted molar refractivity (Wildman–Crippen MR) is 68.2 cm³/mol. The summed E-state index contributed by atoms with van der Waals surface area (Å²) >= 11 is 8.93. The highest BCUT2D eigenvalue weighted by molar-refractivity contribution is 9.10. The second-order valence-electron chi connectivity index (χ2n) is 3.23. The molecule has 0 saturated heterocycles. The van der Waals surface area contributed by atoms with Gasteiger partial charge in [0.15, 0.2) is 5.15 Å². The number of hydrogen-bond donors (Lipinski definition) is 1. The summed E-state index contributed by atoms with van der Waals surface area (Å²) in [6.07, 6.45) is 2.75. The van der Waals surface area contributed by atoms with Gasteiger partial charge in [0.2, 0.25) is 5.88 Å². The highest BCUT2D eigenvalue weighted by Gasteiger charge is 2.09. The monoisotopic (exact) mass is 328 g/mol. The number of ether oxygens (including phenoxy) is 1. The molecular formula is C11H6BrClN2O3. The predicted octanol–water partition coefficient (Wildman–Crippen LogP) is 3.38. The molecule has 0 aliphatic heterocycles. The van der Waals surface area contributed by atoms with E-state index in [9.17, 15) is 4.79 Å². The summed E-state index contributed by atoms with van der Waals surface area (Å²) in [5.74, 6) is -0.526. The van der Waals surface area contributed by atoms with E-state index in [2.05, 4.69) is 25.9 Å². The minimum Gasteiger partial charge on any atom is -0.478 e. The van der Waals surface area contributed by atoms with Crippen LogP contribution in [0.5, 0.6) is 11.6 Å². The second-order valence-corrected chi connectivity index (χ2v) is 4.47. The van der Waals surface area contributed by atoms with Crippen LogP contribution < -0.4 is 4.74 Å². The van der Waals surface area contributed by atoms with Gasteiger partial charge in [0.1, 0.15) is 5.75 Å². The Labute approximate surface area is 116 Å². The first-order valence-electron chi connectivity index (χ1n) is 4.74. The number of carboxylic acids is 1. The lowest BCUT2D eigenvalue weighted by molar-refractivity contribution is 0.0696. The summed E-state index contributed by atoms with van der Waals surface area (Å²) in [5, 5.41) is 9.08. The number of aromatic carboxylic acids is 1. The highest BCUT2D eigenvalue weighted by Crippen LogP contribution is 2.29. The van der Waals surface area contributed by atoms with Crippen LogP contribution in [0.2, 0.25) is 5.15 Å². The molecule has 2 aromatic rings. The molecule has 0 saturated carbocycles. The average molecular weight is 330 g/mol. The third-order valence-electron chi connectivity index (χ3n) is 1.98. The van der Waals surface area contributed by atoms with Gasteiger partial charge in [0.25, 0.3) is 0 Å². The first kappa shape index (κ1) is 12.8. The molecule has 0 unspecified atom stereocenters. The number of halogens is 2. The molecule has 5 nitrogen and oxygen atoms in total. The lowest BCUT2D eigenvalue weighted by Gasteiger charge is -2.07. The van der Waals surface area contributed by atoms with Gasteiger partial charge in [-0.2, -0.15) is 4.98 Å². The van der Waals surface area contributed by atoms with Crippen molar-refractivity contribution in [3.05, 3.63) is 45.8 Å². The van der Waals surface area contributed by atoms with Crippen molar-refractivity contribution in [1.82, 2.24) is 9.97 Å². The van der Waals surface area contributed by atoms with Gasteiger partial charge in [-0.3, -0.25) is 4.98 Å². The minimum absolute atomic E-state index is 0.114. The van der Waals surface area contributed by atoms with Crippen molar-refractivity contribution in [1.29, 1.82) is 0 Å². The Hall–Kier alpha value is -1.66. The van der Waals surface area contributed by atoms with E-state index in [1.807, 2.05) is 0 Å². The van der Waals surface area contributed by atoms with Gasteiger partial charge in [-0.25, -0.2) is 4.79 Å². The van der Waals surface area contributed by atoms with E-state index in [-0.39, 0.29) is 16.6 Å². The summed E-state index contributed by atoms with van der Waals surface area (Å²) in [4.78, 5) is 18.6. The number of rotatable bonds is 3. The summed E-state index contributed by atoms with van der Waals surface area (Å²) in [6.45, 7) is 0. The van der Waals surface area contributed by atoms with Crippen LogP contribution in [-0.4, -0.2) is 21.0 Å². The van der Waals surface area contributed by atoms with Crippen molar-refractivity contribution in [3.8, 4) is 11.6 Å². The molecule has 2 rings (SSSR count). The van der Waals surface area contributed by atoms with Gasteiger partial charge in [-0.05, 0) is 34.1 Å². The van der Waals surface area contributed by atoms with E-state index in [4.69, 9.17) is 21.4 Å². The van der Waals surface area contributed by atoms with E-state index in [0.717, 1.165) is 0 Å². The zero-order valence-electron chi connectivity index (χ0n) is 8.80. The molecule has 0 aliphatic rings. The van der Waals surface area contributed by atoms with E-state index >= 15 is 0 Å². The van der Waals surface area contributed by atoms with E-state index in [0.29, 0.717) is 10.2 Å². The lowest BCUT2D eigenvalue weighted by atomic mass is 10.2. The molecular weight excluding hydrogens is 323 g/mol. The van der Waals surface area contributed by atoms with Gasteiger partial charge in [-0.1, -0.05) is 11.6 Å². The third kappa shape index (κ3) is 2.96. The highest BCUT2D eigenvalue weighted by atomic mass is 79.9. The first-order chi connectivity index (χ1) is 8.56. The molecule has 0 spiro atoms. The van der Waals surface area contributed by atoms with Gasteiger partial charge in [0.05, 0.1) is 22.4 Å². The normalized spacial score (nSPS) is 10.1. The van der Waals surface area contributed by atoms with Crippen molar-refractivity contribution in [2.24, 2.45) is 0 Å². The first-order valence-corrected chi connectivity index (χ1v) is 5.91. The largest absolute Gasteiger partial charge is 0.478 e. The fourth-order valence-corrected chi connectivity index (χ4v) is 1.67. The van der Waals surface area contributed by atoms with Crippen LogP contribution in [0.3, 0.4) is 0 Å². The molecule has 7 heteroatoms. The maximum atomic E-state index is 10.9. The Morgan fingerprint density at radius 3 is 2.83 bits per heavy atom. The van der Waals surface area contributed by atoms with Gasteiger partial charge in [0, 0.05) is 0 Å². The molecule has 0 aliphatic carbocycles. The van der Waals surface area contributed by atoms with Crippen molar-refractivity contribution in [2.45, 2.75) is 0 Å². The molecule has 0 atom stereocenters. The number of aromatic nitrogens is 2. The maximum Gasteiger partial charge on any atom is 0.335 e. The molecule has 1 aromatic carbocycles. The van der Waals surface area contributed by atoms with Crippen LogP contribution >= 0.6 is 27.5 Å². The minimum atomic E-state index is -1.04. The smallest absolute Gasteiger partial charge is 0.335 e. The Balaban J connectivity index is 2.33. The molecule has 18 heavy (non-hydrogen) atoms. The number of carbonyl (C=O) groups is 1. The van der Waals surface area contributed by atoms with Crippen molar-refractivity contribution >= 4 is 33.5 Å². The quantitative estimate of drug-likeness (QED) is 0.934. The Kier molecular flexibility index (Phi) is 3.78. The zero-order chi connectivity index (χ0) is 13.1. The molecule has 0 radical (unpaired) electrons. The fourth-order valence-electron chi connectivity index (χ4n) is 1.20. The van der Waals surface area contributed by atoms with Gasteiger partial charge >= 0.3 is 5.97 Å². The van der Waals surface area contributed by atoms with E-state index < -0.39 is 5.97 Å². The topological polar surface area (TPSA) is 72.3 Å². The summed E-state index contributed by atoms with van der Waals surface area (Å²) in [5.41, 5.74) is 0.114. The van der Waals surface area contributed by atoms with Crippen LogP contribution in [0.4, 0.5) is 0 Å². The van der Waals surface area contributed by atoms with Gasteiger partial charge in [-0.15, -0.1) is 0 Å². The summed E-state index contributed by atoms with van der Waals surface area (Å²) in [7, 11) is 0. The Morgan fingerprint density at radius 1 is 1.39 bits per heavy atom. The molecule has 1 N–H and O–H groups in total. The summed E-state index contributed by atoms with van der Waals surface area (Å²) in [6, 6.07) is 4.43. The van der Waals surface area contributed by atoms with Crippen LogP contribution in [0.1, 0.15) is 10.4 Å². The zero-order valence-corrected chi connectivity index (χ0v) is 11.1.